The number of ether oxygens (including phenoxy) is 1. The van der Waals surface area contributed by atoms with Gasteiger partial charge in [0.15, 0.2) is 0 Å². The van der Waals surface area contributed by atoms with Gasteiger partial charge in [-0.2, -0.15) is 0 Å². The molecule has 0 bridgehead atoms. The summed E-state index contributed by atoms with van der Waals surface area (Å²) in [6, 6.07) is 0. The monoisotopic (exact) mass is 253 g/mol. The Kier molecular flexibility index (Phi) is 13.1. The number of nitrogens with zero attached hydrogens (tertiary/aromatic N) is 1. The standard InChI is InChI=1S/C15H27NO2/c1-3-4-5-6-7-8-9-10-11-13-16-14-12-15(17)18-2/h11,13-14H,3-10,12H2,1-2H3. The summed E-state index contributed by atoms with van der Waals surface area (Å²) in [4.78, 5) is 14.8. The molecular weight excluding hydrogens is 226 g/mol. The van der Waals surface area contributed by atoms with E-state index in [0.29, 0.717) is 0 Å². The first-order valence-corrected chi connectivity index (χ1v) is 7.04. The number of hydrogen-bond donors (Lipinski definition) is 0. The van der Waals surface area contributed by atoms with Gasteiger partial charge in [0, 0.05) is 12.4 Å². The highest BCUT2D eigenvalue weighted by Gasteiger charge is 1.93. The third-order valence-corrected chi connectivity index (χ3v) is 2.76. The second-order valence-electron chi connectivity index (χ2n) is 4.41. The minimum Gasteiger partial charge on any atom is -0.469 e. The van der Waals surface area contributed by atoms with Gasteiger partial charge in [-0.25, -0.2) is 0 Å². The zero-order valence-electron chi connectivity index (χ0n) is 11.9. The number of aliphatic imine (C=N–C) groups is 1. The van der Waals surface area contributed by atoms with Gasteiger partial charge in [0.25, 0.3) is 0 Å². The van der Waals surface area contributed by atoms with Gasteiger partial charge in [-0.05, 0) is 12.8 Å². The Morgan fingerprint density at radius 2 is 1.78 bits per heavy atom. The van der Waals surface area contributed by atoms with Crippen molar-refractivity contribution < 1.29 is 9.53 Å². The Labute approximate surface area is 111 Å². The molecule has 104 valence electrons. The lowest BCUT2D eigenvalue weighted by Gasteiger charge is -1.98. The lowest BCUT2D eigenvalue weighted by molar-refractivity contribution is -0.139. The molecule has 0 aromatic heterocycles. The highest BCUT2D eigenvalue weighted by Crippen LogP contribution is 2.08. The van der Waals surface area contributed by atoms with Crippen molar-refractivity contribution >= 4 is 12.2 Å². The molecule has 0 spiro atoms. The van der Waals surface area contributed by atoms with E-state index < -0.39 is 0 Å². The van der Waals surface area contributed by atoms with Gasteiger partial charge in [0.1, 0.15) is 0 Å². The van der Waals surface area contributed by atoms with E-state index in [1.165, 1.54) is 52.1 Å². The topological polar surface area (TPSA) is 38.7 Å². The number of unbranched alkanes of at least 4 members (excludes halogenated alkanes) is 7. The van der Waals surface area contributed by atoms with Gasteiger partial charge < -0.3 is 4.74 Å². The van der Waals surface area contributed by atoms with Crippen molar-refractivity contribution in [3.63, 3.8) is 0 Å². The number of methoxy groups -OCH3 is 1. The predicted molar refractivity (Wildman–Crippen MR) is 76.9 cm³/mol. The average Bonchev–Trinajstić information content (AvgIpc) is 2.39. The number of carbonyl (C=O) groups is 1. The Bertz CT molecular complexity index is 247. The fraction of sp³-hybridized carbons (Fsp3) is 0.733. The third kappa shape index (κ3) is 12.9. The third-order valence-electron chi connectivity index (χ3n) is 2.76. The van der Waals surface area contributed by atoms with Gasteiger partial charge in [-0.1, -0.05) is 51.5 Å². The van der Waals surface area contributed by atoms with E-state index in [-0.39, 0.29) is 12.4 Å². The first kappa shape index (κ1) is 16.9. The Morgan fingerprint density at radius 3 is 2.44 bits per heavy atom. The molecule has 0 N–H and O–H groups in total. The van der Waals surface area contributed by atoms with Crippen molar-refractivity contribution in [2.75, 3.05) is 7.11 Å². The normalized spacial score (nSPS) is 11.4. The van der Waals surface area contributed by atoms with Crippen LogP contribution in [-0.4, -0.2) is 19.3 Å². The summed E-state index contributed by atoms with van der Waals surface area (Å²) in [5.74, 6) is -0.251. The fourth-order valence-corrected chi connectivity index (χ4v) is 1.63. The SMILES string of the molecule is CCCCCCCCCC=CN=CCC(=O)OC. The van der Waals surface area contributed by atoms with Crippen molar-refractivity contribution in [3.8, 4) is 0 Å². The summed E-state index contributed by atoms with van der Waals surface area (Å²) in [6.07, 6.45) is 16.0. The summed E-state index contributed by atoms with van der Waals surface area (Å²) in [5.41, 5.74) is 0. The van der Waals surface area contributed by atoms with Crippen LogP contribution in [0.5, 0.6) is 0 Å². The minimum atomic E-state index is -0.251. The summed E-state index contributed by atoms with van der Waals surface area (Å²) in [5, 5.41) is 0. The van der Waals surface area contributed by atoms with Gasteiger partial charge >= 0.3 is 5.97 Å². The van der Waals surface area contributed by atoms with E-state index in [1.807, 2.05) is 0 Å². The van der Waals surface area contributed by atoms with Gasteiger partial charge in [-0.3, -0.25) is 9.79 Å². The fourth-order valence-electron chi connectivity index (χ4n) is 1.63. The largest absolute Gasteiger partial charge is 0.469 e. The number of esters is 1. The molecule has 18 heavy (non-hydrogen) atoms. The van der Waals surface area contributed by atoms with Crippen LogP contribution < -0.4 is 0 Å². The van der Waals surface area contributed by atoms with E-state index >= 15 is 0 Å². The number of hydrogen-bond acceptors (Lipinski definition) is 3. The molecule has 0 rings (SSSR count). The summed E-state index contributed by atoms with van der Waals surface area (Å²) < 4.78 is 4.50. The van der Waals surface area contributed by atoms with Crippen LogP contribution in [0.3, 0.4) is 0 Å². The molecule has 0 aliphatic carbocycles. The molecule has 0 amide bonds. The lowest BCUT2D eigenvalue weighted by atomic mass is 10.1. The van der Waals surface area contributed by atoms with Crippen LogP contribution in [0, 0.1) is 0 Å². The molecule has 0 fully saturated rings. The van der Waals surface area contributed by atoms with E-state index in [1.54, 1.807) is 12.4 Å². The highest BCUT2D eigenvalue weighted by molar-refractivity contribution is 5.85. The molecule has 0 aromatic carbocycles. The van der Waals surface area contributed by atoms with Crippen molar-refractivity contribution in [3.05, 3.63) is 12.3 Å². The molecule has 0 radical (unpaired) electrons. The maximum absolute atomic E-state index is 10.8. The molecule has 0 saturated carbocycles. The lowest BCUT2D eigenvalue weighted by Crippen LogP contribution is -1.99. The van der Waals surface area contributed by atoms with E-state index in [4.69, 9.17) is 0 Å². The molecule has 0 unspecified atom stereocenters. The second-order valence-corrected chi connectivity index (χ2v) is 4.41. The van der Waals surface area contributed by atoms with Crippen LogP contribution in [0.2, 0.25) is 0 Å². The molecule has 3 nitrogen and oxygen atoms in total. The van der Waals surface area contributed by atoms with Crippen LogP contribution >= 0.6 is 0 Å². The van der Waals surface area contributed by atoms with Crippen LogP contribution in [0.4, 0.5) is 0 Å². The molecule has 0 saturated heterocycles. The average molecular weight is 253 g/mol. The minimum absolute atomic E-state index is 0.248. The molecule has 0 aliphatic rings. The van der Waals surface area contributed by atoms with Crippen molar-refractivity contribution in [1.82, 2.24) is 0 Å². The summed E-state index contributed by atoms with van der Waals surface area (Å²) in [7, 11) is 1.38. The molecule has 3 heteroatoms. The quantitative estimate of drug-likeness (QED) is 0.313. The molecule has 0 aromatic rings. The van der Waals surface area contributed by atoms with E-state index in [0.717, 1.165) is 6.42 Å². The predicted octanol–water partition coefficient (Wildman–Crippen LogP) is 4.27. The Morgan fingerprint density at radius 1 is 1.11 bits per heavy atom. The van der Waals surface area contributed by atoms with Crippen LogP contribution in [0.15, 0.2) is 17.3 Å². The first-order valence-electron chi connectivity index (χ1n) is 7.04. The zero-order chi connectivity index (χ0) is 13.5. The highest BCUT2D eigenvalue weighted by atomic mass is 16.5. The molecule has 0 aliphatic heterocycles. The summed E-state index contributed by atoms with van der Waals surface area (Å²) >= 11 is 0. The summed E-state index contributed by atoms with van der Waals surface area (Å²) in [6.45, 7) is 2.24. The number of allylic oxidation sites excluding steroid dienone is 1. The van der Waals surface area contributed by atoms with Crippen molar-refractivity contribution in [2.24, 2.45) is 4.99 Å². The maximum atomic E-state index is 10.8. The smallest absolute Gasteiger partial charge is 0.310 e. The molecular formula is C15H27NO2. The van der Waals surface area contributed by atoms with Gasteiger partial charge in [0.2, 0.25) is 0 Å². The first-order chi connectivity index (χ1) is 8.81. The van der Waals surface area contributed by atoms with E-state index in [2.05, 4.69) is 22.7 Å². The maximum Gasteiger partial charge on any atom is 0.310 e. The van der Waals surface area contributed by atoms with Crippen molar-refractivity contribution in [2.45, 2.75) is 64.7 Å². The van der Waals surface area contributed by atoms with Gasteiger partial charge in [-0.15, -0.1) is 0 Å². The Hall–Kier alpha value is -1.12. The Balaban J connectivity index is 3.25. The van der Waals surface area contributed by atoms with Crippen LogP contribution in [0.25, 0.3) is 0 Å². The number of carbonyl (C=O) groups excluding carboxylic acids is 1. The van der Waals surface area contributed by atoms with Crippen LogP contribution in [0.1, 0.15) is 64.7 Å². The molecule has 0 heterocycles. The van der Waals surface area contributed by atoms with Gasteiger partial charge in [0.05, 0.1) is 13.5 Å². The number of rotatable bonds is 11. The van der Waals surface area contributed by atoms with Crippen LogP contribution in [-0.2, 0) is 9.53 Å². The molecule has 0 atom stereocenters. The second kappa shape index (κ2) is 13.9. The van der Waals surface area contributed by atoms with E-state index in [9.17, 15) is 4.79 Å². The zero-order valence-corrected chi connectivity index (χ0v) is 11.9. The van der Waals surface area contributed by atoms with Crippen molar-refractivity contribution in [1.29, 1.82) is 0 Å².